The third kappa shape index (κ3) is 5.99. The maximum atomic E-state index is 12.2. The molecule has 0 aliphatic carbocycles. The van der Waals surface area contributed by atoms with Gasteiger partial charge in [0.2, 0.25) is 6.41 Å². The van der Waals surface area contributed by atoms with Crippen LogP contribution in [-0.4, -0.2) is 37.3 Å². The van der Waals surface area contributed by atoms with Gasteiger partial charge < -0.3 is 27.0 Å². The molecule has 0 aliphatic heterocycles. The summed E-state index contributed by atoms with van der Waals surface area (Å²) >= 11 is 6.00. The van der Waals surface area contributed by atoms with Crippen molar-refractivity contribution < 1.29 is 19.2 Å². The fourth-order valence-electron chi connectivity index (χ4n) is 2.25. The summed E-state index contributed by atoms with van der Waals surface area (Å²) in [5.74, 6) is -0.783. The molecule has 0 fully saturated rings. The molecular weight excluding hydrogens is 386 g/mol. The molecule has 0 bridgehead atoms. The minimum atomic E-state index is -0.758. The SMILES string of the molecule is NC(=O)Nc1ccc(Cl)c(C(=O)NCCNC(=O)c2ccc(NC=O)cc2)c1. The number of amides is 5. The summed E-state index contributed by atoms with van der Waals surface area (Å²) in [5, 5.41) is 10.3. The molecule has 9 nitrogen and oxygen atoms in total. The molecule has 0 saturated heterocycles. The standard InChI is InChI=1S/C18H18ClN5O4/c19-15-6-5-13(24-18(20)28)9-14(15)17(27)22-8-7-21-16(26)11-1-3-12(4-2-11)23-10-25/h1-6,9-10H,7-8H2,(H,21,26)(H,22,27)(H,23,25)(H3,20,24,28). The van der Waals surface area contributed by atoms with Crippen LogP contribution in [0.3, 0.4) is 0 Å². The Hall–Kier alpha value is -3.59. The first-order chi connectivity index (χ1) is 13.4. The van der Waals surface area contributed by atoms with Crippen LogP contribution >= 0.6 is 11.6 Å². The van der Waals surface area contributed by atoms with Gasteiger partial charge in [-0.25, -0.2) is 4.79 Å². The predicted molar refractivity (Wildman–Crippen MR) is 105 cm³/mol. The van der Waals surface area contributed by atoms with Crippen molar-refractivity contribution in [3.63, 3.8) is 0 Å². The van der Waals surface area contributed by atoms with Crippen LogP contribution in [0.5, 0.6) is 0 Å². The first-order valence-electron chi connectivity index (χ1n) is 8.13. The Bertz CT molecular complexity index is 886. The van der Waals surface area contributed by atoms with Crippen LogP contribution in [0.15, 0.2) is 42.5 Å². The molecule has 2 rings (SSSR count). The Morgan fingerprint density at radius 3 is 2.14 bits per heavy atom. The van der Waals surface area contributed by atoms with Crippen LogP contribution in [0.25, 0.3) is 0 Å². The van der Waals surface area contributed by atoms with E-state index in [4.69, 9.17) is 17.3 Å². The third-order valence-electron chi connectivity index (χ3n) is 3.55. The lowest BCUT2D eigenvalue weighted by atomic mass is 10.2. The number of primary amides is 1. The summed E-state index contributed by atoms with van der Waals surface area (Å²) in [6.45, 7) is 0.356. The zero-order valence-electron chi connectivity index (χ0n) is 14.6. The van der Waals surface area contributed by atoms with Crippen molar-refractivity contribution in [1.29, 1.82) is 0 Å². The number of nitrogens with two attached hydrogens (primary N) is 1. The summed E-state index contributed by atoms with van der Waals surface area (Å²) in [7, 11) is 0. The van der Waals surface area contributed by atoms with Crippen LogP contribution in [-0.2, 0) is 4.79 Å². The summed E-state index contributed by atoms with van der Waals surface area (Å²) in [6.07, 6.45) is 0.545. The molecule has 0 heterocycles. The Morgan fingerprint density at radius 1 is 0.929 bits per heavy atom. The van der Waals surface area contributed by atoms with E-state index in [9.17, 15) is 19.2 Å². The summed E-state index contributed by atoms with van der Waals surface area (Å²) < 4.78 is 0. The van der Waals surface area contributed by atoms with E-state index >= 15 is 0 Å². The number of hydrogen-bond donors (Lipinski definition) is 5. The van der Waals surface area contributed by atoms with Crippen LogP contribution in [0.2, 0.25) is 5.02 Å². The zero-order valence-corrected chi connectivity index (χ0v) is 15.4. The fraction of sp³-hybridized carbons (Fsp3) is 0.111. The molecule has 0 radical (unpaired) electrons. The van der Waals surface area contributed by atoms with Crippen molar-refractivity contribution in [2.75, 3.05) is 23.7 Å². The Kier molecular flexibility index (Phi) is 7.35. The third-order valence-corrected chi connectivity index (χ3v) is 3.88. The molecule has 6 N–H and O–H groups in total. The van der Waals surface area contributed by atoms with Gasteiger partial charge in [0.15, 0.2) is 0 Å². The number of carbonyl (C=O) groups excluding carboxylic acids is 4. The first kappa shape index (κ1) is 20.7. The highest BCUT2D eigenvalue weighted by atomic mass is 35.5. The lowest BCUT2D eigenvalue weighted by Gasteiger charge is -2.10. The Morgan fingerprint density at radius 2 is 1.54 bits per heavy atom. The number of hydrogen-bond acceptors (Lipinski definition) is 4. The smallest absolute Gasteiger partial charge is 0.316 e. The van der Waals surface area contributed by atoms with Crippen LogP contribution in [0.1, 0.15) is 20.7 Å². The van der Waals surface area contributed by atoms with Crippen LogP contribution in [0.4, 0.5) is 16.2 Å². The fourth-order valence-corrected chi connectivity index (χ4v) is 2.46. The molecular formula is C18H18ClN5O4. The van der Waals surface area contributed by atoms with E-state index in [0.717, 1.165) is 0 Å². The maximum absolute atomic E-state index is 12.2. The van der Waals surface area contributed by atoms with Crippen molar-refractivity contribution in [3.05, 3.63) is 58.6 Å². The second-order valence-electron chi connectivity index (χ2n) is 5.54. The number of anilines is 2. The monoisotopic (exact) mass is 403 g/mol. The largest absolute Gasteiger partial charge is 0.351 e. The van der Waals surface area contributed by atoms with Crippen LogP contribution in [0, 0.1) is 0 Å². The van der Waals surface area contributed by atoms with Gasteiger partial charge >= 0.3 is 6.03 Å². The molecule has 146 valence electrons. The molecule has 0 unspecified atom stereocenters. The normalized spacial score (nSPS) is 9.89. The second-order valence-corrected chi connectivity index (χ2v) is 5.94. The van der Waals surface area contributed by atoms with E-state index in [-0.39, 0.29) is 29.6 Å². The number of carbonyl (C=O) groups is 4. The average Bonchev–Trinajstić information content (AvgIpc) is 2.67. The lowest BCUT2D eigenvalue weighted by molar-refractivity contribution is -0.105. The average molecular weight is 404 g/mol. The Balaban J connectivity index is 1.84. The molecule has 0 atom stereocenters. The van der Waals surface area contributed by atoms with Gasteiger partial charge in [0.1, 0.15) is 0 Å². The van der Waals surface area contributed by atoms with Gasteiger partial charge in [0.05, 0.1) is 10.6 Å². The summed E-state index contributed by atoms with van der Waals surface area (Å²) in [5.41, 5.74) is 6.53. The number of nitrogens with one attached hydrogen (secondary N) is 4. The topological polar surface area (TPSA) is 142 Å². The minimum absolute atomic E-state index is 0.164. The number of halogens is 1. The van der Waals surface area contributed by atoms with Gasteiger partial charge in [-0.1, -0.05) is 11.6 Å². The van der Waals surface area contributed by atoms with Crippen molar-refractivity contribution in [2.45, 2.75) is 0 Å². The van der Waals surface area contributed by atoms with Gasteiger partial charge in [-0.15, -0.1) is 0 Å². The summed E-state index contributed by atoms with van der Waals surface area (Å²) in [6, 6.07) is 9.95. The second kappa shape index (κ2) is 9.93. The minimum Gasteiger partial charge on any atom is -0.351 e. The molecule has 0 spiro atoms. The number of rotatable bonds is 8. The molecule has 0 saturated carbocycles. The Labute approximate surface area is 165 Å². The maximum Gasteiger partial charge on any atom is 0.316 e. The van der Waals surface area contributed by atoms with E-state index in [1.165, 1.54) is 18.2 Å². The van der Waals surface area contributed by atoms with Crippen molar-refractivity contribution in [3.8, 4) is 0 Å². The lowest BCUT2D eigenvalue weighted by Crippen LogP contribution is -2.34. The molecule has 0 aromatic heterocycles. The highest BCUT2D eigenvalue weighted by Crippen LogP contribution is 2.20. The predicted octanol–water partition coefficient (Wildman–Crippen LogP) is 1.56. The van der Waals surface area contributed by atoms with Gasteiger partial charge in [-0.05, 0) is 42.5 Å². The summed E-state index contributed by atoms with van der Waals surface area (Å²) in [4.78, 5) is 45.5. The zero-order chi connectivity index (χ0) is 20.5. The number of benzene rings is 2. The molecule has 28 heavy (non-hydrogen) atoms. The van der Waals surface area contributed by atoms with E-state index in [1.807, 2.05) is 0 Å². The van der Waals surface area contributed by atoms with Crippen molar-refractivity contribution in [2.24, 2.45) is 5.73 Å². The van der Waals surface area contributed by atoms with Crippen molar-refractivity contribution in [1.82, 2.24) is 10.6 Å². The first-order valence-corrected chi connectivity index (χ1v) is 8.51. The molecule has 10 heteroatoms. The van der Waals surface area contributed by atoms with Crippen LogP contribution < -0.4 is 27.0 Å². The van der Waals surface area contributed by atoms with Gasteiger partial charge in [-0.3, -0.25) is 14.4 Å². The van der Waals surface area contributed by atoms with E-state index in [0.29, 0.717) is 23.3 Å². The molecule has 0 aliphatic rings. The van der Waals surface area contributed by atoms with Gasteiger partial charge in [0, 0.05) is 30.0 Å². The van der Waals surface area contributed by atoms with Gasteiger partial charge in [-0.2, -0.15) is 0 Å². The van der Waals surface area contributed by atoms with E-state index < -0.39 is 11.9 Å². The van der Waals surface area contributed by atoms with Crippen molar-refractivity contribution >= 4 is 47.2 Å². The quantitative estimate of drug-likeness (QED) is 0.336. The van der Waals surface area contributed by atoms with E-state index in [2.05, 4.69) is 21.3 Å². The molecule has 2 aromatic rings. The highest BCUT2D eigenvalue weighted by Gasteiger charge is 2.12. The highest BCUT2D eigenvalue weighted by molar-refractivity contribution is 6.34. The number of urea groups is 1. The molecule has 5 amide bonds. The van der Waals surface area contributed by atoms with E-state index in [1.54, 1.807) is 24.3 Å². The van der Waals surface area contributed by atoms with Gasteiger partial charge in [0.25, 0.3) is 11.8 Å². The molecule has 2 aromatic carbocycles.